The lowest BCUT2D eigenvalue weighted by atomic mass is 9.96. The van der Waals surface area contributed by atoms with E-state index in [9.17, 15) is 13.2 Å². The van der Waals surface area contributed by atoms with Crippen LogP contribution in [0.15, 0.2) is 76.3 Å². The van der Waals surface area contributed by atoms with Gasteiger partial charge in [-0.15, -0.1) is 0 Å². The summed E-state index contributed by atoms with van der Waals surface area (Å²) >= 11 is 1.50. The molecule has 0 atom stereocenters. The molecule has 5 rings (SSSR count). The zero-order valence-electron chi connectivity index (χ0n) is 19.5. The van der Waals surface area contributed by atoms with Crippen molar-refractivity contribution in [1.82, 2.24) is 4.57 Å². The van der Waals surface area contributed by atoms with Crippen molar-refractivity contribution in [3.8, 4) is 11.1 Å². The number of para-hydroxylation sites is 1. The van der Waals surface area contributed by atoms with E-state index in [2.05, 4.69) is 4.72 Å². The summed E-state index contributed by atoms with van der Waals surface area (Å²) in [6.45, 7) is 3.79. The number of hydrogen-bond acceptors (Lipinski definition) is 5. The Morgan fingerprint density at radius 1 is 1.06 bits per heavy atom. The van der Waals surface area contributed by atoms with E-state index in [0.29, 0.717) is 5.56 Å². The molecule has 5 aromatic rings. The molecule has 0 saturated carbocycles. The maximum absolute atomic E-state index is 13.5. The summed E-state index contributed by atoms with van der Waals surface area (Å²) in [5.41, 5.74) is 4.60. The summed E-state index contributed by atoms with van der Waals surface area (Å²) in [5.74, 6) is -0.585. The molecule has 2 heterocycles. The Bertz CT molecular complexity index is 1670. The van der Waals surface area contributed by atoms with Crippen molar-refractivity contribution in [3.63, 3.8) is 0 Å². The second-order valence-electron chi connectivity index (χ2n) is 8.30. The van der Waals surface area contributed by atoms with Gasteiger partial charge in [-0.3, -0.25) is 4.72 Å². The van der Waals surface area contributed by atoms with E-state index < -0.39 is 16.0 Å². The number of thiophene rings is 1. The van der Waals surface area contributed by atoms with Crippen molar-refractivity contribution in [3.05, 3.63) is 82.6 Å². The van der Waals surface area contributed by atoms with Crippen LogP contribution in [0.3, 0.4) is 0 Å². The topological polar surface area (TPSA) is 77.4 Å². The largest absolute Gasteiger partial charge is 0.462 e. The first-order chi connectivity index (χ1) is 16.8. The molecular weight excluding hydrogens is 480 g/mol. The second-order valence-corrected chi connectivity index (χ2v) is 10.8. The number of anilines is 1. The lowest BCUT2D eigenvalue weighted by Crippen LogP contribution is -2.18. The number of carbonyl (C=O) groups is 1. The van der Waals surface area contributed by atoms with E-state index in [1.54, 1.807) is 37.3 Å². The number of nitrogens with one attached hydrogen (secondary N) is 1. The van der Waals surface area contributed by atoms with E-state index in [1.165, 1.54) is 11.3 Å². The minimum Gasteiger partial charge on any atom is -0.462 e. The highest BCUT2D eigenvalue weighted by atomic mass is 32.2. The molecule has 0 aliphatic heterocycles. The van der Waals surface area contributed by atoms with Crippen LogP contribution >= 0.6 is 11.3 Å². The molecule has 3 aromatic carbocycles. The van der Waals surface area contributed by atoms with Gasteiger partial charge in [0.05, 0.1) is 28.3 Å². The molecule has 0 radical (unpaired) electrons. The molecule has 0 saturated heterocycles. The van der Waals surface area contributed by atoms with Crippen LogP contribution in [0.1, 0.15) is 22.8 Å². The van der Waals surface area contributed by atoms with E-state index in [-0.39, 0.29) is 22.8 Å². The van der Waals surface area contributed by atoms with Gasteiger partial charge in [-0.05, 0) is 60.5 Å². The lowest BCUT2D eigenvalue weighted by Gasteiger charge is -2.18. The Kier molecular flexibility index (Phi) is 5.86. The molecule has 35 heavy (non-hydrogen) atoms. The van der Waals surface area contributed by atoms with Gasteiger partial charge in [0.25, 0.3) is 10.0 Å². The van der Waals surface area contributed by atoms with Gasteiger partial charge in [0, 0.05) is 28.9 Å². The van der Waals surface area contributed by atoms with E-state index in [4.69, 9.17) is 4.74 Å². The molecular formula is C27H24N2O4S2. The Labute approximate surface area is 207 Å². The van der Waals surface area contributed by atoms with Crippen LogP contribution in [0.4, 0.5) is 5.69 Å². The summed E-state index contributed by atoms with van der Waals surface area (Å²) in [6, 6.07) is 18.2. The molecule has 178 valence electrons. The van der Waals surface area contributed by atoms with E-state index in [0.717, 1.165) is 32.9 Å². The number of benzene rings is 3. The van der Waals surface area contributed by atoms with Gasteiger partial charge >= 0.3 is 5.97 Å². The fraction of sp³-hybridized carbons (Fsp3) is 0.148. The standard InChI is InChI=1S/C27H24N2O4S2/c1-4-33-27(30)21-15-23-25(20-7-5-6-8-22(20)29(23)3)24(18-13-14-34-16-18)26(21)28-35(31,32)19-11-9-17(2)10-12-19/h5-16,28H,4H2,1-3H3. The van der Waals surface area contributed by atoms with Gasteiger partial charge in [-0.25, -0.2) is 13.2 Å². The smallest absolute Gasteiger partial charge is 0.340 e. The van der Waals surface area contributed by atoms with Crippen LogP contribution < -0.4 is 4.72 Å². The normalized spacial score (nSPS) is 11.7. The van der Waals surface area contributed by atoms with Crippen molar-refractivity contribution in [2.75, 3.05) is 11.3 Å². The molecule has 6 nitrogen and oxygen atoms in total. The highest BCUT2D eigenvalue weighted by Crippen LogP contribution is 2.44. The number of esters is 1. The van der Waals surface area contributed by atoms with Gasteiger partial charge in [0.15, 0.2) is 0 Å². The number of nitrogens with zero attached hydrogens (tertiary/aromatic N) is 1. The maximum atomic E-state index is 13.5. The maximum Gasteiger partial charge on any atom is 0.340 e. The summed E-state index contributed by atoms with van der Waals surface area (Å²) in [5, 5.41) is 5.73. The number of aromatic nitrogens is 1. The molecule has 0 aliphatic rings. The molecule has 8 heteroatoms. The molecule has 0 bridgehead atoms. The number of hydrogen-bond donors (Lipinski definition) is 1. The van der Waals surface area contributed by atoms with Crippen LogP contribution in [0, 0.1) is 6.92 Å². The monoisotopic (exact) mass is 504 g/mol. The highest BCUT2D eigenvalue weighted by molar-refractivity contribution is 7.92. The van der Waals surface area contributed by atoms with Crippen LogP contribution in [0.25, 0.3) is 32.9 Å². The first-order valence-electron chi connectivity index (χ1n) is 11.1. The molecule has 2 aromatic heterocycles. The van der Waals surface area contributed by atoms with Gasteiger partial charge in [0.1, 0.15) is 0 Å². The zero-order valence-corrected chi connectivity index (χ0v) is 21.2. The SMILES string of the molecule is CCOC(=O)c1cc2c(c(-c3ccsc3)c1NS(=O)(=O)c1ccc(C)cc1)c1ccccc1n2C. The van der Waals surface area contributed by atoms with Gasteiger partial charge < -0.3 is 9.30 Å². The predicted molar refractivity (Wildman–Crippen MR) is 142 cm³/mol. The van der Waals surface area contributed by atoms with Crippen LogP contribution in [-0.2, 0) is 21.8 Å². The Hall–Kier alpha value is -3.62. The van der Waals surface area contributed by atoms with Crippen LogP contribution in [0.5, 0.6) is 0 Å². The average Bonchev–Trinajstić information content (AvgIpc) is 3.46. The highest BCUT2D eigenvalue weighted by Gasteiger charge is 2.27. The summed E-state index contributed by atoms with van der Waals surface area (Å²) < 4.78 is 37.1. The van der Waals surface area contributed by atoms with E-state index in [1.807, 2.05) is 59.6 Å². The zero-order chi connectivity index (χ0) is 24.7. The van der Waals surface area contributed by atoms with Gasteiger partial charge in [-0.1, -0.05) is 35.9 Å². The number of aryl methyl sites for hydroxylation is 2. The number of rotatable bonds is 6. The molecule has 0 unspecified atom stereocenters. The van der Waals surface area contributed by atoms with Crippen molar-refractivity contribution >= 4 is 54.8 Å². The first kappa shape index (κ1) is 23.1. The number of fused-ring (bicyclic) bond motifs is 3. The predicted octanol–water partition coefficient (Wildman–Crippen LogP) is 6.35. The molecule has 1 N–H and O–H groups in total. The van der Waals surface area contributed by atoms with Gasteiger partial charge in [0.2, 0.25) is 0 Å². The van der Waals surface area contributed by atoms with Crippen molar-refractivity contribution in [2.24, 2.45) is 7.05 Å². The molecule has 0 amide bonds. The second kappa shape index (κ2) is 8.87. The fourth-order valence-electron chi connectivity index (χ4n) is 4.40. The van der Waals surface area contributed by atoms with E-state index >= 15 is 0 Å². The Morgan fingerprint density at radius 3 is 2.49 bits per heavy atom. The summed E-state index contributed by atoms with van der Waals surface area (Å²) in [6.07, 6.45) is 0. The number of ether oxygens (including phenoxy) is 1. The van der Waals surface area contributed by atoms with Crippen LogP contribution in [-0.4, -0.2) is 25.6 Å². The fourth-order valence-corrected chi connectivity index (χ4v) is 6.13. The third-order valence-electron chi connectivity index (χ3n) is 6.08. The lowest BCUT2D eigenvalue weighted by molar-refractivity contribution is 0.0528. The Balaban J connectivity index is 1.88. The summed E-state index contributed by atoms with van der Waals surface area (Å²) in [4.78, 5) is 13.3. The molecule has 0 fully saturated rings. The molecule has 0 spiro atoms. The third-order valence-corrected chi connectivity index (χ3v) is 8.12. The quantitative estimate of drug-likeness (QED) is 0.274. The Morgan fingerprint density at radius 2 is 1.80 bits per heavy atom. The number of sulfonamides is 1. The minimum atomic E-state index is -3.99. The van der Waals surface area contributed by atoms with Crippen molar-refractivity contribution in [1.29, 1.82) is 0 Å². The average molecular weight is 505 g/mol. The van der Waals surface area contributed by atoms with Crippen molar-refractivity contribution < 1.29 is 17.9 Å². The summed E-state index contributed by atoms with van der Waals surface area (Å²) in [7, 11) is -2.05. The molecule has 0 aliphatic carbocycles. The van der Waals surface area contributed by atoms with Gasteiger partial charge in [-0.2, -0.15) is 11.3 Å². The minimum absolute atomic E-state index is 0.118. The van der Waals surface area contributed by atoms with Crippen molar-refractivity contribution in [2.45, 2.75) is 18.7 Å². The van der Waals surface area contributed by atoms with Crippen LogP contribution in [0.2, 0.25) is 0 Å². The third kappa shape index (κ3) is 3.98. The number of carbonyl (C=O) groups excluding carboxylic acids is 1. The first-order valence-corrected chi connectivity index (χ1v) is 13.6.